The van der Waals surface area contributed by atoms with Crippen molar-refractivity contribution in [1.82, 2.24) is 24.6 Å². The number of aromatic nitrogens is 3. The molecule has 3 heterocycles. The van der Waals surface area contributed by atoms with Crippen molar-refractivity contribution in [3.8, 4) is 17.2 Å². The van der Waals surface area contributed by atoms with Gasteiger partial charge < -0.3 is 19.3 Å². The van der Waals surface area contributed by atoms with Crippen LogP contribution in [0.5, 0.6) is 11.5 Å². The van der Waals surface area contributed by atoms with Gasteiger partial charge in [0.25, 0.3) is 0 Å². The van der Waals surface area contributed by atoms with Gasteiger partial charge in [-0.3, -0.25) is 14.7 Å². The summed E-state index contributed by atoms with van der Waals surface area (Å²) in [5.74, 6) is 1.22. The largest absolute Gasteiger partial charge is 0.494 e. The summed E-state index contributed by atoms with van der Waals surface area (Å²) >= 11 is 0. The van der Waals surface area contributed by atoms with E-state index in [0.717, 1.165) is 69.3 Å². The summed E-state index contributed by atoms with van der Waals surface area (Å²) < 4.78 is 13.4. The molecule has 0 N–H and O–H groups in total. The first-order chi connectivity index (χ1) is 20.1. The molecule has 0 spiro atoms. The van der Waals surface area contributed by atoms with Gasteiger partial charge in [-0.2, -0.15) is 9.78 Å². The standard InChI is InChI=1S/C32H38N6O3/c1-35(2)16-7-21-40-29-13-11-26(12-14-29)24-36-17-19-37(20-18-36)30-23-34-38(28-9-4-3-5-10-28)32(39)31(30)41-25-27-8-6-15-33-22-27/h3-6,8-15,22-23H,7,16-21,24-25H2,1-2H3. The van der Waals surface area contributed by atoms with Crippen LogP contribution in [-0.4, -0.2) is 78.0 Å². The number of hydrogen-bond donors (Lipinski definition) is 0. The van der Waals surface area contributed by atoms with E-state index in [1.165, 1.54) is 10.2 Å². The van der Waals surface area contributed by atoms with Crippen LogP contribution in [0.3, 0.4) is 0 Å². The molecule has 41 heavy (non-hydrogen) atoms. The summed E-state index contributed by atoms with van der Waals surface area (Å²) in [6, 6.07) is 21.6. The molecule has 0 saturated carbocycles. The number of anilines is 1. The first-order valence-corrected chi connectivity index (χ1v) is 14.1. The zero-order valence-electron chi connectivity index (χ0n) is 23.9. The second kappa shape index (κ2) is 13.9. The third-order valence-electron chi connectivity index (χ3n) is 7.08. The molecule has 0 unspecified atom stereocenters. The highest BCUT2D eigenvalue weighted by Crippen LogP contribution is 2.27. The zero-order chi connectivity index (χ0) is 28.4. The Morgan fingerprint density at radius 1 is 0.854 bits per heavy atom. The lowest BCUT2D eigenvalue weighted by Gasteiger charge is -2.36. The molecule has 0 amide bonds. The molecule has 214 valence electrons. The van der Waals surface area contributed by atoms with Crippen LogP contribution in [-0.2, 0) is 13.2 Å². The third kappa shape index (κ3) is 7.71. The number of pyridine rings is 1. The van der Waals surface area contributed by atoms with Crippen LogP contribution >= 0.6 is 0 Å². The van der Waals surface area contributed by atoms with Crippen molar-refractivity contribution in [2.75, 3.05) is 58.3 Å². The average Bonchev–Trinajstić information content (AvgIpc) is 3.01. The maximum absolute atomic E-state index is 13.6. The van der Waals surface area contributed by atoms with Crippen molar-refractivity contribution in [2.24, 2.45) is 0 Å². The van der Waals surface area contributed by atoms with Crippen molar-refractivity contribution in [3.05, 3.63) is 107 Å². The monoisotopic (exact) mass is 554 g/mol. The van der Waals surface area contributed by atoms with Crippen LogP contribution in [0.1, 0.15) is 17.5 Å². The maximum Gasteiger partial charge on any atom is 0.316 e. The van der Waals surface area contributed by atoms with Gasteiger partial charge in [-0.15, -0.1) is 0 Å². The second-order valence-electron chi connectivity index (χ2n) is 10.5. The third-order valence-corrected chi connectivity index (χ3v) is 7.08. The van der Waals surface area contributed by atoms with Gasteiger partial charge in [0.2, 0.25) is 5.75 Å². The Morgan fingerprint density at radius 2 is 1.63 bits per heavy atom. The minimum absolute atomic E-state index is 0.254. The summed E-state index contributed by atoms with van der Waals surface area (Å²) in [6.07, 6.45) is 6.23. The van der Waals surface area contributed by atoms with Crippen LogP contribution in [0.15, 0.2) is 90.1 Å². The molecule has 1 fully saturated rings. The smallest absolute Gasteiger partial charge is 0.316 e. The van der Waals surface area contributed by atoms with Gasteiger partial charge in [0.05, 0.1) is 18.5 Å². The first kappa shape index (κ1) is 28.3. The minimum atomic E-state index is -0.274. The van der Waals surface area contributed by atoms with Crippen LogP contribution in [0.25, 0.3) is 5.69 Å². The predicted molar refractivity (Wildman–Crippen MR) is 161 cm³/mol. The Morgan fingerprint density at radius 3 is 2.34 bits per heavy atom. The van der Waals surface area contributed by atoms with Crippen LogP contribution < -0.4 is 19.9 Å². The van der Waals surface area contributed by atoms with E-state index in [9.17, 15) is 4.79 Å². The normalized spacial score (nSPS) is 13.9. The Hall–Kier alpha value is -4.21. The van der Waals surface area contributed by atoms with E-state index in [0.29, 0.717) is 11.4 Å². The number of ether oxygens (including phenoxy) is 2. The Kier molecular flexibility index (Phi) is 9.61. The molecular weight excluding hydrogens is 516 g/mol. The molecular formula is C32H38N6O3. The second-order valence-corrected chi connectivity index (χ2v) is 10.5. The number of hydrogen-bond acceptors (Lipinski definition) is 8. The molecule has 0 aliphatic carbocycles. The molecule has 9 heteroatoms. The van der Waals surface area contributed by atoms with E-state index in [1.807, 2.05) is 42.5 Å². The Labute approximate surface area is 241 Å². The van der Waals surface area contributed by atoms with Crippen molar-refractivity contribution >= 4 is 5.69 Å². The zero-order valence-corrected chi connectivity index (χ0v) is 23.9. The number of benzene rings is 2. The maximum atomic E-state index is 13.6. The van der Waals surface area contributed by atoms with Crippen LogP contribution in [0, 0.1) is 0 Å². The minimum Gasteiger partial charge on any atom is -0.494 e. The fraction of sp³-hybridized carbons (Fsp3) is 0.344. The highest BCUT2D eigenvalue weighted by molar-refractivity contribution is 5.57. The molecule has 1 saturated heterocycles. The molecule has 1 aliphatic heterocycles. The average molecular weight is 555 g/mol. The van der Waals surface area contributed by atoms with Gasteiger partial charge in [0.1, 0.15) is 18.0 Å². The predicted octanol–water partition coefficient (Wildman–Crippen LogP) is 3.86. The number of piperazine rings is 1. The molecule has 2 aromatic carbocycles. The number of nitrogens with zero attached hydrogens (tertiary/aromatic N) is 6. The lowest BCUT2D eigenvalue weighted by atomic mass is 10.2. The molecule has 4 aromatic rings. The van der Waals surface area contributed by atoms with Gasteiger partial charge >= 0.3 is 5.56 Å². The van der Waals surface area contributed by atoms with E-state index in [-0.39, 0.29) is 12.2 Å². The summed E-state index contributed by atoms with van der Waals surface area (Å²) in [6.45, 7) is 6.14. The molecule has 5 rings (SSSR count). The highest BCUT2D eigenvalue weighted by Gasteiger charge is 2.24. The molecule has 1 aliphatic rings. The van der Waals surface area contributed by atoms with E-state index in [4.69, 9.17) is 9.47 Å². The summed E-state index contributed by atoms with van der Waals surface area (Å²) in [7, 11) is 4.15. The van der Waals surface area contributed by atoms with E-state index in [1.54, 1.807) is 18.6 Å². The summed E-state index contributed by atoms with van der Waals surface area (Å²) in [5, 5.41) is 4.51. The molecule has 9 nitrogen and oxygen atoms in total. The first-order valence-electron chi connectivity index (χ1n) is 14.1. The number of para-hydroxylation sites is 1. The van der Waals surface area contributed by atoms with Crippen LogP contribution in [0.2, 0.25) is 0 Å². The molecule has 2 aromatic heterocycles. The summed E-state index contributed by atoms with van der Waals surface area (Å²) in [4.78, 5) is 24.6. The van der Waals surface area contributed by atoms with E-state index in [2.05, 4.69) is 63.1 Å². The Balaban J connectivity index is 1.23. The lowest BCUT2D eigenvalue weighted by Crippen LogP contribution is -2.46. The van der Waals surface area contributed by atoms with Gasteiger partial charge in [0, 0.05) is 57.2 Å². The molecule has 0 bridgehead atoms. The summed E-state index contributed by atoms with van der Waals surface area (Å²) in [5.41, 5.74) is 3.30. The SMILES string of the molecule is CN(C)CCCOc1ccc(CN2CCN(c3cnn(-c4ccccc4)c(=O)c3OCc3cccnc3)CC2)cc1. The van der Waals surface area contributed by atoms with Gasteiger partial charge in [-0.1, -0.05) is 36.4 Å². The van der Waals surface area contributed by atoms with Gasteiger partial charge in [0.15, 0.2) is 0 Å². The lowest BCUT2D eigenvalue weighted by molar-refractivity contribution is 0.247. The topological polar surface area (TPSA) is 76.0 Å². The van der Waals surface area contributed by atoms with E-state index >= 15 is 0 Å². The fourth-order valence-corrected chi connectivity index (χ4v) is 4.85. The van der Waals surface area contributed by atoms with Crippen molar-refractivity contribution < 1.29 is 9.47 Å². The van der Waals surface area contributed by atoms with Crippen LogP contribution in [0.4, 0.5) is 5.69 Å². The number of rotatable bonds is 12. The molecule has 0 radical (unpaired) electrons. The Bertz CT molecular complexity index is 1420. The quantitative estimate of drug-likeness (QED) is 0.245. The van der Waals surface area contributed by atoms with Gasteiger partial charge in [-0.25, -0.2) is 0 Å². The van der Waals surface area contributed by atoms with Crippen molar-refractivity contribution in [1.29, 1.82) is 0 Å². The fourth-order valence-electron chi connectivity index (χ4n) is 4.85. The van der Waals surface area contributed by atoms with Crippen molar-refractivity contribution in [3.63, 3.8) is 0 Å². The van der Waals surface area contributed by atoms with Crippen molar-refractivity contribution in [2.45, 2.75) is 19.6 Å². The van der Waals surface area contributed by atoms with E-state index < -0.39 is 0 Å². The molecule has 0 atom stereocenters. The van der Waals surface area contributed by atoms with Gasteiger partial charge in [-0.05, 0) is 56.4 Å². The highest BCUT2D eigenvalue weighted by atomic mass is 16.5.